The maximum Gasteiger partial charge on any atom is 0.281 e. The van der Waals surface area contributed by atoms with Crippen LogP contribution in [0.3, 0.4) is 0 Å². The molecule has 1 atom stereocenters. The maximum atomic E-state index is 14.1. The molecule has 1 heterocycles. The lowest BCUT2D eigenvalue weighted by Crippen LogP contribution is -2.37. The molecule has 0 radical (unpaired) electrons. The van der Waals surface area contributed by atoms with Crippen LogP contribution in [-0.2, 0) is 0 Å². The van der Waals surface area contributed by atoms with Gasteiger partial charge in [0.2, 0.25) is 0 Å². The van der Waals surface area contributed by atoms with Crippen LogP contribution in [-0.4, -0.2) is 38.9 Å². The van der Waals surface area contributed by atoms with Crippen LogP contribution < -0.4 is 5.32 Å². The van der Waals surface area contributed by atoms with Crippen molar-refractivity contribution >= 4 is 22.3 Å². The minimum absolute atomic E-state index is 0.0510. The number of fused-ring (bicyclic) bond motifs is 1. The summed E-state index contributed by atoms with van der Waals surface area (Å²) >= 11 is 0. The van der Waals surface area contributed by atoms with E-state index in [9.17, 15) is 19.6 Å². The quantitative estimate of drug-likeness (QED) is 0.569. The molecule has 0 fully saturated rings. The fraction of sp³-hybridized carbons (Fsp3) is 0.308. The molecule has 112 valence electrons. The van der Waals surface area contributed by atoms with E-state index in [2.05, 4.69) is 10.3 Å². The Kier molecular flexibility index (Phi) is 4.01. The zero-order chi connectivity index (χ0) is 15.6. The van der Waals surface area contributed by atoms with Crippen molar-refractivity contribution in [3.63, 3.8) is 0 Å². The first-order valence-corrected chi connectivity index (χ1v) is 6.14. The van der Waals surface area contributed by atoms with Gasteiger partial charge in [0.15, 0.2) is 5.82 Å². The van der Waals surface area contributed by atoms with Crippen LogP contribution in [0.5, 0.6) is 0 Å². The second-order valence-corrected chi connectivity index (χ2v) is 4.92. The number of hydrogen-bond donors (Lipinski definition) is 3. The molecule has 0 spiro atoms. The average molecular weight is 295 g/mol. The average Bonchev–Trinajstić information content (AvgIpc) is 2.45. The van der Waals surface area contributed by atoms with Gasteiger partial charge in [0.05, 0.1) is 28.7 Å². The highest BCUT2D eigenvalue weighted by molar-refractivity contribution is 5.97. The van der Waals surface area contributed by atoms with Crippen LogP contribution in [0.4, 0.5) is 15.8 Å². The number of non-ortho nitro benzene ring substituents is 1. The van der Waals surface area contributed by atoms with Gasteiger partial charge in [-0.15, -0.1) is 0 Å². The van der Waals surface area contributed by atoms with E-state index in [-0.39, 0.29) is 28.8 Å². The third kappa shape index (κ3) is 3.06. The Labute approximate surface area is 119 Å². The van der Waals surface area contributed by atoms with Crippen LogP contribution in [0, 0.1) is 15.9 Å². The number of halogens is 1. The van der Waals surface area contributed by atoms with Crippen molar-refractivity contribution in [2.45, 2.75) is 12.5 Å². The molecule has 7 nitrogen and oxygen atoms in total. The number of aliphatic hydroxyl groups excluding tert-OH is 1. The summed E-state index contributed by atoms with van der Waals surface area (Å²) in [6.45, 7) is 0.725. The molecule has 0 amide bonds. The molecular weight excluding hydrogens is 281 g/mol. The number of anilines is 1. The van der Waals surface area contributed by atoms with Gasteiger partial charge >= 0.3 is 0 Å². The Morgan fingerprint density at radius 1 is 1.57 bits per heavy atom. The van der Waals surface area contributed by atoms with Gasteiger partial charge in [-0.2, -0.15) is 0 Å². The summed E-state index contributed by atoms with van der Waals surface area (Å²) < 4.78 is 14.1. The number of pyridine rings is 1. The number of aliphatic hydroxyl groups is 2. The summed E-state index contributed by atoms with van der Waals surface area (Å²) in [5.41, 5.74) is -1.78. The van der Waals surface area contributed by atoms with Gasteiger partial charge < -0.3 is 15.5 Å². The van der Waals surface area contributed by atoms with Crippen LogP contribution in [0.1, 0.15) is 6.92 Å². The first kappa shape index (κ1) is 15.1. The lowest BCUT2D eigenvalue weighted by molar-refractivity contribution is -0.383. The van der Waals surface area contributed by atoms with E-state index in [0.29, 0.717) is 0 Å². The van der Waals surface area contributed by atoms with Gasteiger partial charge in [0.1, 0.15) is 11.1 Å². The van der Waals surface area contributed by atoms with Gasteiger partial charge in [-0.05, 0) is 19.1 Å². The first-order valence-electron chi connectivity index (χ1n) is 6.14. The molecule has 0 aliphatic rings. The molecule has 3 N–H and O–H groups in total. The van der Waals surface area contributed by atoms with Crippen molar-refractivity contribution in [1.29, 1.82) is 0 Å². The normalized spacial score (nSPS) is 13.9. The number of rotatable bonds is 5. The molecule has 0 bridgehead atoms. The Bertz CT molecular complexity index is 690. The minimum atomic E-state index is -1.45. The van der Waals surface area contributed by atoms with Crippen LogP contribution in [0.2, 0.25) is 0 Å². The minimum Gasteiger partial charge on any atom is -0.393 e. The molecule has 1 aromatic heterocycles. The first-order chi connectivity index (χ1) is 9.85. The van der Waals surface area contributed by atoms with Crippen molar-refractivity contribution < 1.29 is 19.5 Å². The fourth-order valence-corrected chi connectivity index (χ4v) is 1.85. The van der Waals surface area contributed by atoms with Gasteiger partial charge in [0, 0.05) is 12.7 Å². The Morgan fingerprint density at radius 2 is 2.29 bits per heavy atom. The predicted octanol–water partition coefficient (Wildman–Crippen LogP) is 1.44. The highest BCUT2D eigenvalue weighted by Crippen LogP contribution is 2.32. The van der Waals surface area contributed by atoms with Crippen LogP contribution >= 0.6 is 0 Å². The molecule has 1 unspecified atom stereocenters. The highest BCUT2D eigenvalue weighted by atomic mass is 19.1. The van der Waals surface area contributed by atoms with Crippen LogP contribution in [0.15, 0.2) is 24.4 Å². The molecule has 21 heavy (non-hydrogen) atoms. The second kappa shape index (κ2) is 5.58. The molecule has 0 saturated carbocycles. The van der Waals surface area contributed by atoms with Gasteiger partial charge in [-0.1, -0.05) is 0 Å². The van der Waals surface area contributed by atoms with Crippen molar-refractivity contribution in [3.05, 3.63) is 40.3 Å². The lowest BCUT2D eigenvalue weighted by Gasteiger charge is -2.22. The largest absolute Gasteiger partial charge is 0.393 e. The van der Waals surface area contributed by atoms with E-state index in [1.807, 2.05) is 0 Å². The Balaban J connectivity index is 2.52. The lowest BCUT2D eigenvalue weighted by atomic mass is 10.1. The van der Waals surface area contributed by atoms with E-state index in [0.717, 1.165) is 6.07 Å². The summed E-state index contributed by atoms with van der Waals surface area (Å²) in [6.07, 6.45) is 1.39. The number of nitro benzene ring substituents is 1. The molecule has 0 aliphatic heterocycles. The summed E-state index contributed by atoms with van der Waals surface area (Å²) in [4.78, 5) is 14.2. The molecule has 8 heteroatoms. The van der Waals surface area contributed by atoms with E-state index >= 15 is 0 Å². The topological polar surface area (TPSA) is 109 Å². The standard InChI is InChI=1S/C13H14FN3O4/c1-13(19,7-18)6-16-12-9(14)5-10(17(20)21)8-3-2-4-15-11(8)12/h2-5,16,18-19H,6-7H2,1H3. The summed E-state index contributed by atoms with van der Waals surface area (Å²) in [6, 6.07) is 3.79. The van der Waals surface area contributed by atoms with Gasteiger partial charge in [-0.25, -0.2) is 4.39 Å². The van der Waals surface area contributed by atoms with Gasteiger partial charge in [0.25, 0.3) is 5.69 Å². The number of nitrogens with zero attached hydrogens (tertiary/aromatic N) is 2. The SMILES string of the molecule is CC(O)(CO)CNc1c(F)cc([N+](=O)[O-])c2cccnc12. The zero-order valence-electron chi connectivity index (χ0n) is 11.2. The third-order valence-electron chi connectivity index (χ3n) is 3.01. The number of hydrogen-bond acceptors (Lipinski definition) is 6. The van der Waals surface area contributed by atoms with E-state index in [1.165, 1.54) is 25.3 Å². The third-order valence-corrected chi connectivity index (χ3v) is 3.01. The van der Waals surface area contributed by atoms with Crippen molar-refractivity contribution in [2.24, 2.45) is 0 Å². The fourth-order valence-electron chi connectivity index (χ4n) is 1.85. The molecule has 2 rings (SSSR count). The van der Waals surface area contributed by atoms with Crippen molar-refractivity contribution in [3.8, 4) is 0 Å². The molecule has 1 aromatic carbocycles. The Morgan fingerprint density at radius 3 is 2.90 bits per heavy atom. The molecule has 2 aromatic rings. The monoisotopic (exact) mass is 295 g/mol. The summed E-state index contributed by atoms with van der Waals surface area (Å²) in [5.74, 6) is -0.846. The van der Waals surface area contributed by atoms with Crippen LogP contribution in [0.25, 0.3) is 10.9 Å². The van der Waals surface area contributed by atoms with Crippen molar-refractivity contribution in [1.82, 2.24) is 4.98 Å². The summed E-state index contributed by atoms with van der Waals surface area (Å²) in [7, 11) is 0. The molecule has 0 aliphatic carbocycles. The smallest absolute Gasteiger partial charge is 0.281 e. The maximum absolute atomic E-state index is 14.1. The van der Waals surface area contributed by atoms with Crippen molar-refractivity contribution in [2.75, 3.05) is 18.5 Å². The predicted molar refractivity (Wildman–Crippen MR) is 74.6 cm³/mol. The van der Waals surface area contributed by atoms with E-state index in [4.69, 9.17) is 5.11 Å². The van der Waals surface area contributed by atoms with E-state index < -0.39 is 22.9 Å². The number of aromatic nitrogens is 1. The second-order valence-electron chi connectivity index (χ2n) is 4.92. The Hall–Kier alpha value is -2.32. The van der Waals surface area contributed by atoms with E-state index in [1.54, 1.807) is 0 Å². The summed E-state index contributed by atoms with van der Waals surface area (Å²) in [5, 5.41) is 32.5. The highest BCUT2D eigenvalue weighted by Gasteiger charge is 2.23. The molecule has 0 saturated heterocycles. The molecular formula is C13H14FN3O4. The number of nitrogens with one attached hydrogen (secondary N) is 1. The zero-order valence-corrected chi connectivity index (χ0v) is 11.2. The number of nitro groups is 1. The van der Waals surface area contributed by atoms with Gasteiger partial charge in [-0.3, -0.25) is 15.1 Å². The number of benzene rings is 1.